The molecule has 1 aliphatic carbocycles. The monoisotopic (exact) mass is 589 g/mol. The van der Waals surface area contributed by atoms with Gasteiger partial charge in [0.15, 0.2) is 0 Å². The van der Waals surface area contributed by atoms with Gasteiger partial charge in [0, 0.05) is 60.1 Å². The Morgan fingerprint density at radius 2 is 1.57 bits per heavy atom. The molecule has 44 heavy (non-hydrogen) atoms. The lowest BCUT2D eigenvalue weighted by Crippen LogP contribution is -2.38. The molecule has 8 heteroatoms. The number of carbonyl (C=O) groups excluding carboxylic acids is 1. The van der Waals surface area contributed by atoms with Crippen molar-refractivity contribution in [1.29, 1.82) is 0 Å². The number of carbonyl (C=O) groups is 3. The predicted molar refractivity (Wildman–Crippen MR) is 172 cm³/mol. The number of benzene rings is 2. The van der Waals surface area contributed by atoms with Crippen LogP contribution in [0.5, 0.6) is 0 Å². The van der Waals surface area contributed by atoms with Crippen molar-refractivity contribution in [2.24, 2.45) is 0 Å². The molecular weight excluding hydrogens is 556 g/mol. The van der Waals surface area contributed by atoms with Gasteiger partial charge in [0.2, 0.25) is 17.0 Å². The average molecular weight is 590 g/mol. The molecule has 5 rings (SSSR count). The summed E-state index contributed by atoms with van der Waals surface area (Å²) >= 11 is 0. The van der Waals surface area contributed by atoms with Crippen LogP contribution in [0.4, 0.5) is 5.69 Å². The Bertz CT molecular complexity index is 1870. The molecule has 0 bridgehead atoms. The molecule has 1 aromatic heterocycles. The molecule has 3 N–H and O–H groups in total. The summed E-state index contributed by atoms with van der Waals surface area (Å²) in [6.07, 6.45) is 14.3. The van der Waals surface area contributed by atoms with E-state index in [1.807, 2.05) is 60.7 Å². The van der Waals surface area contributed by atoms with Crippen LogP contribution >= 0.6 is 0 Å². The summed E-state index contributed by atoms with van der Waals surface area (Å²) in [5.41, 5.74) is 6.41. The smallest absolute Gasteiger partial charge is 0.328 e. The van der Waals surface area contributed by atoms with Gasteiger partial charge < -0.3 is 20.2 Å². The second-order valence-electron chi connectivity index (χ2n) is 10.6. The number of rotatable bonds is 10. The second kappa shape index (κ2) is 12.8. The highest BCUT2D eigenvalue weighted by molar-refractivity contribution is 6.23. The normalized spacial score (nSPS) is 16.5. The van der Waals surface area contributed by atoms with E-state index in [0.717, 1.165) is 69.7 Å². The van der Waals surface area contributed by atoms with Crippen LogP contribution in [0.25, 0.3) is 35.2 Å². The van der Waals surface area contributed by atoms with Gasteiger partial charge in [-0.05, 0) is 77.7 Å². The van der Waals surface area contributed by atoms with Gasteiger partial charge in [-0.25, -0.2) is 9.59 Å². The van der Waals surface area contributed by atoms with Crippen molar-refractivity contribution in [1.82, 2.24) is 0 Å². The minimum Gasteiger partial charge on any atom is -0.506 e. The number of aliphatic hydroxyl groups is 1. The van der Waals surface area contributed by atoms with Crippen molar-refractivity contribution in [3.8, 4) is 0 Å². The van der Waals surface area contributed by atoms with Crippen LogP contribution < -0.4 is 9.47 Å². The van der Waals surface area contributed by atoms with Crippen molar-refractivity contribution >= 4 is 58.6 Å². The third kappa shape index (κ3) is 6.15. The van der Waals surface area contributed by atoms with Gasteiger partial charge >= 0.3 is 11.9 Å². The molecule has 8 nitrogen and oxygen atoms in total. The predicted octanol–water partition coefficient (Wildman–Crippen LogP) is 6.34. The maximum atomic E-state index is 13.3. The van der Waals surface area contributed by atoms with E-state index in [-0.39, 0.29) is 22.7 Å². The molecule has 222 valence electrons. The number of ketones is 1. The number of fused-ring (bicyclic) bond motifs is 2. The summed E-state index contributed by atoms with van der Waals surface area (Å²) in [7, 11) is 0. The van der Waals surface area contributed by atoms with E-state index >= 15 is 0 Å². The van der Waals surface area contributed by atoms with Crippen molar-refractivity contribution in [3.05, 3.63) is 118 Å². The summed E-state index contributed by atoms with van der Waals surface area (Å²) < 4.78 is 2.09. The van der Waals surface area contributed by atoms with Crippen molar-refractivity contribution in [2.45, 2.75) is 33.2 Å². The maximum Gasteiger partial charge on any atom is 0.328 e. The number of pyridine rings is 1. The summed E-state index contributed by atoms with van der Waals surface area (Å²) in [6.45, 7) is 5.52. The van der Waals surface area contributed by atoms with Gasteiger partial charge in [-0.15, -0.1) is 0 Å². The number of aliphatic carboxylic acids is 2. The third-order valence-electron chi connectivity index (χ3n) is 7.49. The third-order valence-corrected chi connectivity index (χ3v) is 7.49. The molecule has 1 aliphatic heterocycles. The van der Waals surface area contributed by atoms with Gasteiger partial charge in [0.1, 0.15) is 12.3 Å². The molecule has 0 unspecified atom stereocenters. The Kier molecular flexibility index (Phi) is 8.71. The highest BCUT2D eigenvalue weighted by atomic mass is 16.4. The largest absolute Gasteiger partial charge is 0.506 e. The SMILES string of the molecule is CCCN1C(=CC2=C(O)C(=Cc3ccc4cc(/C=C/C(=O)O)ccc4[n+]3CCC)C2=O)C=Cc2cc(/C=C/C(=O)O)ccc21. The van der Waals surface area contributed by atoms with E-state index in [9.17, 15) is 19.5 Å². The number of nitrogens with zero attached hydrogens (tertiary/aromatic N) is 2. The molecule has 2 heterocycles. The number of carboxylic acids is 2. The van der Waals surface area contributed by atoms with Gasteiger partial charge in [-0.1, -0.05) is 26.0 Å². The summed E-state index contributed by atoms with van der Waals surface area (Å²) in [4.78, 5) is 37.3. The molecule has 2 aliphatic rings. The first-order valence-electron chi connectivity index (χ1n) is 14.5. The van der Waals surface area contributed by atoms with Gasteiger partial charge in [0.05, 0.1) is 11.1 Å². The fraction of sp³-hybridized carbons (Fsp3) is 0.167. The standard InChI is InChI=1S/C36H32N2O6/c1-3-17-37-27(11-9-25-19-23(5-13-31(25)37)7-15-33(39)40)21-29-35(43)30(36(29)44)22-28-12-10-26-20-24(8-16-34(41)42)6-14-32(26)38(28)18-4-2/h5-16,19-22H,3-4,17-18H2,1-2H3,(H2-,39,40,41,42,43,44)/p+1/b15-7+,16-8+. The molecule has 2 aromatic carbocycles. The van der Waals surface area contributed by atoms with Crippen LogP contribution in [0.1, 0.15) is 49.1 Å². The number of carboxylic acid groups (broad SMARTS) is 2. The van der Waals surface area contributed by atoms with Crippen LogP contribution in [0, 0.1) is 0 Å². The van der Waals surface area contributed by atoms with Crippen LogP contribution in [0.2, 0.25) is 0 Å². The minimum atomic E-state index is -1.01. The molecule has 0 spiro atoms. The van der Waals surface area contributed by atoms with Gasteiger partial charge in [0.25, 0.3) is 0 Å². The molecule has 0 radical (unpaired) electrons. The lowest BCUT2D eigenvalue weighted by atomic mass is 9.86. The van der Waals surface area contributed by atoms with Crippen LogP contribution in [0.3, 0.4) is 0 Å². The summed E-state index contributed by atoms with van der Waals surface area (Å²) in [6, 6.07) is 15.2. The number of hydrogen-bond donors (Lipinski definition) is 3. The summed E-state index contributed by atoms with van der Waals surface area (Å²) in [5.74, 6) is -2.31. The number of hydrogen-bond acceptors (Lipinski definition) is 5. The zero-order valence-electron chi connectivity index (χ0n) is 24.5. The number of allylic oxidation sites excluding steroid dienone is 4. The van der Waals surface area contributed by atoms with Crippen molar-refractivity contribution in [3.63, 3.8) is 0 Å². The summed E-state index contributed by atoms with van der Waals surface area (Å²) in [5, 5.41) is 29.9. The van der Waals surface area contributed by atoms with E-state index in [2.05, 4.69) is 23.3 Å². The Balaban J connectivity index is 1.48. The number of aromatic nitrogens is 1. The zero-order chi connectivity index (χ0) is 31.4. The molecular formula is C36H33N2O6+. The van der Waals surface area contributed by atoms with E-state index < -0.39 is 11.9 Å². The van der Waals surface area contributed by atoms with Crippen molar-refractivity contribution in [2.75, 3.05) is 11.4 Å². The lowest BCUT2D eigenvalue weighted by Gasteiger charge is -2.31. The average Bonchev–Trinajstić information content (AvgIpc) is 3.01. The van der Waals surface area contributed by atoms with Gasteiger partial charge in [-0.3, -0.25) is 4.79 Å². The quantitative estimate of drug-likeness (QED) is 0.187. The Labute approximate surface area is 255 Å². The van der Waals surface area contributed by atoms with Crippen LogP contribution in [-0.4, -0.2) is 39.6 Å². The second-order valence-corrected chi connectivity index (χ2v) is 10.6. The molecule has 0 amide bonds. The van der Waals surface area contributed by atoms with E-state index in [1.165, 1.54) is 0 Å². The topological polar surface area (TPSA) is 119 Å². The highest BCUT2D eigenvalue weighted by Crippen LogP contribution is 2.36. The molecule has 0 fully saturated rings. The molecule has 0 saturated carbocycles. The van der Waals surface area contributed by atoms with Crippen LogP contribution in [-0.2, 0) is 20.9 Å². The Hall–Kier alpha value is -5.50. The molecule has 3 aromatic rings. The minimum absolute atomic E-state index is 0.0513. The molecule has 0 atom stereocenters. The fourth-order valence-electron chi connectivity index (χ4n) is 5.46. The highest BCUT2D eigenvalue weighted by Gasteiger charge is 2.34. The van der Waals surface area contributed by atoms with Crippen molar-refractivity contribution < 1.29 is 34.3 Å². The van der Waals surface area contributed by atoms with E-state index in [0.29, 0.717) is 13.1 Å². The van der Waals surface area contributed by atoms with Gasteiger partial charge in [-0.2, -0.15) is 4.57 Å². The zero-order valence-corrected chi connectivity index (χ0v) is 24.5. The first-order valence-corrected chi connectivity index (χ1v) is 14.5. The fourth-order valence-corrected chi connectivity index (χ4v) is 5.46. The Morgan fingerprint density at radius 1 is 0.864 bits per heavy atom. The number of aryl methyl sites for hydroxylation is 1. The number of aliphatic hydroxyl groups excluding tert-OH is 1. The lowest BCUT2D eigenvalue weighted by molar-refractivity contribution is -0.673. The Morgan fingerprint density at radius 3 is 2.23 bits per heavy atom. The number of Topliss-reactive ketones (excluding diaryl/α,β-unsaturated/α-hetero) is 1. The maximum absolute atomic E-state index is 13.3. The van der Waals surface area contributed by atoms with Crippen LogP contribution in [0.15, 0.2) is 95.4 Å². The molecule has 0 saturated heterocycles. The van der Waals surface area contributed by atoms with E-state index in [4.69, 9.17) is 10.2 Å². The first-order chi connectivity index (χ1) is 21.2. The van der Waals surface area contributed by atoms with E-state index in [1.54, 1.807) is 24.3 Å². The first kappa shape index (κ1) is 30.0. The number of anilines is 1.